The lowest BCUT2D eigenvalue weighted by atomic mass is 10.1. The van der Waals surface area contributed by atoms with E-state index in [9.17, 15) is 0 Å². The minimum absolute atomic E-state index is 0.376. The normalized spacial score (nSPS) is 12.0. The topological polar surface area (TPSA) is 90.2 Å². The molecule has 0 aromatic carbocycles. The molecule has 0 rings (SSSR count). The molecule has 0 bridgehead atoms. The predicted octanol–water partition coefficient (Wildman–Crippen LogP) is 8.72. The van der Waals surface area contributed by atoms with Crippen LogP contribution in [-0.4, -0.2) is 32.3 Å². The summed E-state index contributed by atoms with van der Waals surface area (Å²) in [7, 11) is 0. The lowest BCUT2D eigenvalue weighted by molar-refractivity contribution is 0.245. The van der Waals surface area contributed by atoms with E-state index in [4.69, 9.17) is 24.1 Å². The third-order valence-electron chi connectivity index (χ3n) is 5.57. The highest BCUT2D eigenvalue weighted by atomic mass is 32.7. The molecule has 0 fully saturated rings. The van der Waals surface area contributed by atoms with Crippen LogP contribution in [0.25, 0.3) is 0 Å². The Kier molecular flexibility index (Phi) is 29.0. The van der Waals surface area contributed by atoms with Gasteiger partial charge in [-0.25, -0.2) is 9.79 Å². The van der Waals surface area contributed by atoms with Gasteiger partial charge in [-0.2, -0.15) is 0 Å². The first-order valence-electron chi connectivity index (χ1n) is 13.4. The summed E-state index contributed by atoms with van der Waals surface area (Å²) in [5.41, 5.74) is 0. The smallest absolute Gasteiger partial charge is 0.323 e. The van der Waals surface area contributed by atoms with Crippen LogP contribution in [0.15, 0.2) is 0 Å². The number of hydrogen-bond acceptors (Lipinski definition) is 5. The fourth-order valence-corrected chi connectivity index (χ4v) is 5.25. The van der Waals surface area contributed by atoms with Gasteiger partial charge in [-0.1, -0.05) is 123 Å². The van der Waals surface area contributed by atoms with Gasteiger partial charge in [0.15, 0.2) is 0 Å². The zero-order valence-electron chi connectivity index (χ0n) is 21.5. The third-order valence-corrected chi connectivity index (χ3v) is 7.92. The molecule has 202 valence electrons. The standard InChI is InChI=1S/C12H27O3PS.C12H28O2PS/c1-2-3-4-5-6-7-8-9-10-11-12-15-16(13,14)17;1-2-3-4-5-6-7-8-9-10-11-12-15(13,14)16/h2-12H2,1H3,(H2,13,14,17);13-14,16H,2-12H2,1H3/q;+1. The van der Waals surface area contributed by atoms with Gasteiger partial charge in [-0.05, 0) is 31.1 Å². The van der Waals surface area contributed by atoms with Gasteiger partial charge < -0.3 is 14.3 Å². The largest absolute Gasteiger partial charge is 0.325 e. The summed E-state index contributed by atoms with van der Waals surface area (Å²) in [6.07, 6.45) is 25.7. The number of thiol groups is 1. The zero-order chi connectivity index (χ0) is 25.3. The van der Waals surface area contributed by atoms with Gasteiger partial charge >= 0.3 is 13.6 Å². The number of rotatable bonds is 23. The van der Waals surface area contributed by atoms with Crippen LogP contribution in [0, 0.1) is 0 Å². The molecule has 4 N–H and O–H groups in total. The van der Waals surface area contributed by atoms with Crippen LogP contribution in [0.1, 0.15) is 142 Å². The summed E-state index contributed by atoms with van der Waals surface area (Å²) >= 11 is 8.12. The first kappa shape index (κ1) is 36.4. The molecular formula is C24H55O5P2S2+. The Balaban J connectivity index is 0. The Morgan fingerprint density at radius 3 is 1.21 bits per heavy atom. The molecule has 0 aliphatic carbocycles. The monoisotopic (exact) mass is 549 g/mol. The summed E-state index contributed by atoms with van der Waals surface area (Å²) in [5, 5.41) is 0. The first-order valence-corrected chi connectivity index (χ1v) is 19.0. The van der Waals surface area contributed by atoms with Gasteiger partial charge in [0.2, 0.25) is 0 Å². The molecular weight excluding hydrogens is 494 g/mol. The second kappa shape index (κ2) is 26.3. The molecule has 0 heterocycles. The summed E-state index contributed by atoms with van der Waals surface area (Å²) in [4.78, 5) is 35.8. The molecule has 0 spiro atoms. The SMILES string of the molecule is CCCCCCCCCCCCOP(O)(O)=S.CCCCCCCCCCCC[P+](O)(O)S. The molecule has 0 amide bonds. The highest BCUT2D eigenvalue weighted by molar-refractivity contribution is 8.48. The van der Waals surface area contributed by atoms with Crippen molar-refractivity contribution in [2.45, 2.75) is 142 Å². The molecule has 0 saturated carbocycles. The van der Waals surface area contributed by atoms with Crippen molar-refractivity contribution in [2.75, 3.05) is 12.8 Å². The maximum absolute atomic E-state index is 9.07. The van der Waals surface area contributed by atoms with E-state index in [2.05, 4.69) is 37.9 Å². The Bertz CT molecular complexity index is 432. The summed E-state index contributed by atoms with van der Waals surface area (Å²) < 4.78 is 4.74. The van der Waals surface area contributed by atoms with Gasteiger partial charge in [0.25, 0.3) is 0 Å². The van der Waals surface area contributed by atoms with E-state index < -0.39 is 13.6 Å². The first-order chi connectivity index (χ1) is 15.6. The minimum atomic E-state index is -3.41. The van der Waals surface area contributed by atoms with Crippen molar-refractivity contribution in [1.29, 1.82) is 0 Å². The summed E-state index contributed by atoms with van der Waals surface area (Å²) in [6.45, 7) is -1.35. The van der Waals surface area contributed by atoms with E-state index in [1.54, 1.807) is 0 Å². The molecule has 33 heavy (non-hydrogen) atoms. The van der Waals surface area contributed by atoms with E-state index in [-0.39, 0.29) is 0 Å². The second-order valence-corrected chi connectivity index (χ2v) is 15.5. The Labute approximate surface area is 216 Å². The van der Waals surface area contributed by atoms with E-state index >= 15 is 0 Å². The summed E-state index contributed by atoms with van der Waals surface area (Å²) in [6, 6.07) is 0. The molecule has 0 unspecified atom stereocenters. The zero-order valence-corrected chi connectivity index (χ0v) is 25.0. The van der Waals surface area contributed by atoms with E-state index in [0.717, 1.165) is 25.7 Å². The maximum Gasteiger partial charge on any atom is 0.323 e. The van der Waals surface area contributed by atoms with Gasteiger partial charge in [0.05, 0.1) is 18.9 Å². The lowest BCUT2D eigenvalue weighted by Crippen LogP contribution is -1.92. The number of unbranched alkanes of at least 4 members (excludes halogenated alkanes) is 18. The van der Waals surface area contributed by atoms with Crippen LogP contribution >= 0.6 is 25.9 Å². The molecule has 9 heteroatoms. The Morgan fingerprint density at radius 1 is 0.606 bits per heavy atom. The van der Waals surface area contributed by atoms with Gasteiger partial charge in [0.1, 0.15) is 6.16 Å². The maximum atomic E-state index is 9.07. The summed E-state index contributed by atoms with van der Waals surface area (Å²) in [5.74, 6) is 0. The van der Waals surface area contributed by atoms with Crippen molar-refractivity contribution in [3.63, 3.8) is 0 Å². The molecule has 0 aromatic rings. The van der Waals surface area contributed by atoms with Crippen LogP contribution < -0.4 is 0 Å². The Hall–Kier alpha value is 1.23. The van der Waals surface area contributed by atoms with Crippen molar-refractivity contribution in [1.82, 2.24) is 0 Å². The van der Waals surface area contributed by atoms with E-state index in [0.29, 0.717) is 12.8 Å². The van der Waals surface area contributed by atoms with Crippen LogP contribution in [0.5, 0.6) is 0 Å². The van der Waals surface area contributed by atoms with Crippen LogP contribution in [0.2, 0.25) is 0 Å². The highest BCUT2D eigenvalue weighted by Gasteiger charge is 2.25. The quantitative estimate of drug-likeness (QED) is 0.0497. The van der Waals surface area contributed by atoms with Crippen molar-refractivity contribution < 1.29 is 24.1 Å². The molecule has 0 aliphatic rings. The fraction of sp³-hybridized carbons (Fsp3) is 1.00. The Morgan fingerprint density at radius 2 is 0.909 bits per heavy atom. The fourth-order valence-electron chi connectivity index (χ4n) is 3.58. The van der Waals surface area contributed by atoms with Crippen molar-refractivity contribution in [3.05, 3.63) is 0 Å². The molecule has 0 saturated heterocycles. The average Bonchev–Trinajstić information content (AvgIpc) is 2.72. The van der Waals surface area contributed by atoms with E-state index in [1.165, 1.54) is 103 Å². The number of hydrogen-bond donors (Lipinski definition) is 5. The second-order valence-electron chi connectivity index (χ2n) is 9.10. The third kappa shape index (κ3) is 40.7. The lowest BCUT2D eigenvalue weighted by Gasteiger charge is -2.07. The van der Waals surface area contributed by atoms with Crippen LogP contribution in [0.3, 0.4) is 0 Å². The highest BCUT2D eigenvalue weighted by Crippen LogP contribution is 2.55. The van der Waals surface area contributed by atoms with Gasteiger partial charge in [-0.15, -0.1) is 0 Å². The molecule has 0 atom stereocenters. The van der Waals surface area contributed by atoms with Crippen molar-refractivity contribution >= 4 is 37.7 Å². The van der Waals surface area contributed by atoms with Crippen LogP contribution in [-0.2, 0) is 16.3 Å². The predicted molar refractivity (Wildman–Crippen MR) is 154 cm³/mol. The molecule has 5 nitrogen and oxygen atoms in total. The minimum Gasteiger partial charge on any atom is -0.325 e. The molecule has 0 aromatic heterocycles. The molecule has 0 aliphatic heterocycles. The van der Waals surface area contributed by atoms with Crippen molar-refractivity contribution in [2.24, 2.45) is 0 Å². The molecule has 0 radical (unpaired) electrons. The van der Waals surface area contributed by atoms with Gasteiger partial charge in [0, 0.05) is 0 Å². The van der Waals surface area contributed by atoms with Crippen LogP contribution in [0.4, 0.5) is 0 Å². The van der Waals surface area contributed by atoms with Gasteiger partial charge in [-0.3, -0.25) is 0 Å². The van der Waals surface area contributed by atoms with E-state index in [1.807, 2.05) is 0 Å². The average molecular weight is 550 g/mol. The van der Waals surface area contributed by atoms with Crippen molar-refractivity contribution in [3.8, 4) is 0 Å².